The van der Waals surface area contributed by atoms with Gasteiger partial charge in [-0.2, -0.15) is 0 Å². The summed E-state index contributed by atoms with van der Waals surface area (Å²) in [5.41, 5.74) is 4.27. The van der Waals surface area contributed by atoms with Gasteiger partial charge in [0.2, 0.25) is 0 Å². The molecular formula is C18H12O3. The number of benzene rings is 2. The van der Waals surface area contributed by atoms with Crippen LogP contribution >= 0.6 is 0 Å². The van der Waals surface area contributed by atoms with Crippen LogP contribution in [0.4, 0.5) is 0 Å². The lowest BCUT2D eigenvalue weighted by atomic mass is 10.0. The van der Waals surface area contributed by atoms with Gasteiger partial charge in [0.05, 0.1) is 6.26 Å². The van der Waals surface area contributed by atoms with Crippen molar-refractivity contribution in [1.82, 2.24) is 0 Å². The van der Waals surface area contributed by atoms with Crippen molar-refractivity contribution in [3.63, 3.8) is 0 Å². The summed E-state index contributed by atoms with van der Waals surface area (Å²) in [6.45, 7) is 2.07. The minimum absolute atomic E-state index is 0.354. The number of hydrogen-bond acceptors (Lipinski definition) is 3. The fourth-order valence-electron chi connectivity index (χ4n) is 2.63. The molecule has 0 spiro atoms. The Hall–Kier alpha value is -2.81. The maximum absolute atomic E-state index is 11.3. The number of fused-ring (bicyclic) bond motifs is 2. The fraction of sp³-hybridized carbons (Fsp3) is 0.0556. The minimum atomic E-state index is -0.354. The Kier molecular flexibility index (Phi) is 2.48. The van der Waals surface area contributed by atoms with Gasteiger partial charge in [-0.05, 0) is 24.6 Å². The van der Waals surface area contributed by atoms with Gasteiger partial charge in [-0.15, -0.1) is 0 Å². The van der Waals surface area contributed by atoms with Crippen LogP contribution in [0.3, 0.4) is 0 Å². The molecule has 0 aliphatic carbocycles. The van der Waals surface area contributed by atoms with Crippen LogP contribution in [0, 0.1) is 6.92 Å². The van der Waals surface area contributed by atoms with E-state index in [0.29, 0.717) is 11.2 Å². The van der Waals surface area contributed by atoms with E-state index >= 15 is 0 Å². The first kappa shape index (κ1) is 12.0. The van der Waals surface area contributed by atoms with E-state index in [1.54, 1.807) is 18.4 Å². The van der Waals surface area contributed by atoms with Gasteiger partial charge in [-0.1, -0.05) is 29.8 Å². The Labute approximate surface area is 120 Å². The number of rotatable bonds is 1. The van der Waals surface area contributed by atoms with E-state index in [2.05, 4.69) is 25.1 Å². The van der Waals surface area contributed by atoms with Crippen LogP contribution < -0.4 is 5.63 Å². The maximum Gasteiger partial charge on any atom is 0.336 e. The molecule has 2 heterocycles. The summed E-state index contributed by atoms with van der Waals surface area (Å²) in [7, 11) is 0. The van der Waals surface area contributed by atoms with Crippen LogP contribution in [0.2, 0.25) is 0 Å². The summed E-state index contributed by atoms with van der Waals surface area (Å²) >= 11 is 0. The summed E-state index contributed by atoms with van der Waals surface area (Å²) in [5.74, 6) is 0. The molecule has 0 saturated carbocycles. The monoisotopic (exact) mass is 276 g/mol. The summed E-state index contributed by atoms with van der Waals surface area (Å²) < 4.78 is 10.8. The second-order valence-electron chi connectivity index (χ2n) is 5.16. The molecule has 0 unspecified atom stereocenters. The summed E-state index contributed by atoms with van der Waals surface area (Å²) in [4.78, 5) is 11.3. The van der Waals surface area contributed by atoms with Gasteiger partial charge in [0.25, 0.3) is 0 Å². The van der Waals surface area contributed by atoms with Gasteiger partial charge in [0.1, 0.15) is 11.2 Å². The Morgan fingerprint density at radius 2 is 1.86 bits per heavy atom. The normalized spacial score (nSPS) is 11.3. The largest absolute Gasteiger partial charge is 0.464 e. The van der Waals surface area contributed by atoms with Gasteiger partial charge in [-0.3, -0.25) is 0 Å². The zero-order chi connectivity index (χ0) is 14.4. The third-order valence-electron chi connectivity index (χ3n) is 3.64. The van der Waals surface area contributed by atoms with Crippen molar-refractivity contribution in [2.24, 2.45) is 0 Å². The number of aryl methyl sites for hydroxylation is 1. The quantitative estimate of drug-likeness (QED) is 0.480. The first-order chi connectivity index (χ1) is 10.2. The molecule has 3 heteroatoms. The molecule has 21 heavy (non-hydrogen) atoms. The van der Waals surface area contributed by atoms with Crippen LogP contribution in [0.5, 0.6) is 0 Å². The molecule has 2 aromatic heterocycles. The van der Waals surface area contributed by atoms with Crippen LogP contribution in [0.15, 0.2) is 68.4 Å². The highest BCUT2D eigenvalue weighted by Gasteiger charge is 2.10. The summed E-state index contributed by atoms with van der Waals surface area (Å²) in [6, 6.07) is 15.2. The van der Waals surface area contributed by atoms with E-state index in [-0.39, 0.29) is 5.63 Å². The van der Waals surface area contributed by atoms with Crippen LogP contribution in [0.1, 0.15) is 5.56 Å². The molecule has 102 valence electrons. The topological polar surface area (TPSA) is 43.4 Å². The molecular weight excluding hydrogens is 264 g/mol. The maximum atomic E-state index is 11.3. The van der Waals surface area contributed by atoms with E-state index in [0.717, 1.165) is 21.9 Å². The number of hydrogen-bond donors (Lipinski definition) is 0. The predicted molar refractivity (Wildman–Crippen MR) is 82.4 cm³/mol. The van der Waals surface area contributed by atoms with Gasteiger partial charge in [-0.25, -0.2) is 4.79 Å². The van der Waals surface area contributed by atoms with Gasteiger partial charge < -0.3 is 8.83 Å². The zero-order valence-electron chi connectivity index (χ0n) is 11.4. The lowest BCUT2D eigenvalue weighted by Gasteiger charge is -2.01. The lowest BCUT2D eigenvalue weighted by Crippen LogP contribution is -1.93. The van der Waals surface area contributed by atoms with Crippen molar-refractivity contribution in [2.45, 2.75) is 6.92 Å². The van der Waals surface area contributed by atoms with Crippen molar-refractivity contribution in [3.05, 3.63) is 70.8 Å². The third-order valence-corrected chi connectivity index (χ3v) is 3.64. The van der Waals surface area contributed by atoms with E-state index in [9.17, 15) is 4.79 Å². The van der Waals surface area contributed by atoms with E-state index in [1.807, 2.05) is 12.1 Å². The molecule has 2 aromatic carbocycles. The SMILES string of the molecule is Cc1cccc(-c2coc3cc4oc(=O)ccc4cc23)c1. The van der Waals surface area contributed by atoms with Crippen molar-refractivity contribution >= 4 is 21.9 Å². The lowest BCUT2D eigenvalue weighted by molar-refractivity contribution is 0.559. The second-order valence-corrected chi connectivity index (χ2v) is 5.16. The molecule has 0 amide bonds. The zero-order valence-corrected chi connectivity index (χ0v) is 11.4. The molecule has 0 bridgehead atoms. The Balaban J connectivity index is 2.03. The van der Waals surface area contributed by atoms with Crippen LogP contribution in [-0.2, 0) is 0 Å². The molecule has 3 nitrogen and oxygen atoms in total. The number of furan rings is 1. The fourth-order valence-corrected chi connectivity index (χ4v) is 2.63. The molecule has 0 saturated heterocycles. The van der Waals surface area contributed by atoms with Gasteiger partial charge in [0.15, 0.2) is 0 Å². The van der Waals surface area contributed by atoms with Crippen LogP contribution in [0.25, 0.3) is 33.1 Å². The van der Waals surface area contributed by atoms with Crippen molar-refractivity contribution in [1.29, 1.82) is 0 Å². The highest BCUT2D eigenvalue weighted by Crippen LogP contribution is 2.33. The molecule has 0 aliphatic heterocycles. The smallest absolute Gasteiger partial charge is 0.336 e. The van der Waals surface area contributed by atoms with E-state index in [1.165, 1.54) is 11.6 Å². The molecule has 0 fully saturated rings. The minimum Gasteiger partial charge on any atom is -0.464 e. The molecule has 0 atom stereocenters. The van der Waals surface area contributed by atoms with Gasteiger partial charge in [0, 0.05) is 28.5 Å². The first-order valence-electron chi connectivity index (χ1n) is 6.73. The predicted octanol–water partition coefficient (Wildman–Crippen LogP) is 4.51. The van der Waals surface area contributed by atoms with E-state index < -0.39 is 0 Å². The third kappa shape index (κ3) is 1.94. The van der Waals surface area contributed by atoms with Crippen LogP contribution in [-0.4, -0.2) is 0 Å². The molecule has 0 radical (unpaired) electrons. The average molecular weight is 276 g/mol. The summed E-state index contributed by atoms with van der Waals surface area (Å²) in [5, 5.41) is 1.90. The van der Waals surface area contributed by atoms with Crippen molar-refractivity contribution in [3.8, 4) is 11.1 Å². The standard InChI is InChI=1S/C18H12O3/c1-11-3-2-4-12(7-11)15-10-20-17-9-16-13(8-14(15)17)5-6-18(19)21-16/h2-10H,1H3. The Morgan fingerprint density at radius 1 is 0.952 bits per heavy atom. The Bertz CT molecular complexity index is 1020. The highest BCUT2D eigenvalue weighted by atomic mass is 16.4. The molecule has 4 rings (SSSR count). The van der Waals surface area contributed by atoms with Crippen molar-refractivity contribution in [2.75, 3.05) is 0 Å². The average Bonchev–Trinajstić information content (AvgIpc) is 2.87. The molecule has 4 aromatic rings. The highest BCUT2D eigenvalue weighted by molar-refractivity contribution is 6.01. The Morgan fingerprint density at radius 3 is 2.71 bits per heavy atom. The van der Waals surface area contributed by atoms with E-state index in [4.69, 9.17) is 8.83 Å². The second kappa shape index (κ2) is 4.35. The summed E-state index contributed by atoms with van der Waals surface area (Å²) in [6.07, 6.45) is 1.75. The van der Waals surface area contributed by atoms with Crippen molar-refractivity contribution < 1.29 is 8.83 Å². The van der Waals surface area contributed by atoms with Gasteiger partial charge >= 0.3 is 5.63 Å². The first-order valence-corrected chi connectivity index (χ1v) is 6.73. The molecule has 0 aliphatic rings. The molecule has 0 N–H and O–H groups in total.